The first-order valence-electron chi connectivity index (χ1n) is 9.11. The third-order valence-corrected chi connectivity index (χ3v) is 4.81. The van der Waals surface area contributed by atoms with E-state index in [4.69, 9.17) is 21.1 Å². The molecule has 0 aromatic heterocycles. The summed E-state index contributed by atoms with van der Waals surface area (Å²) in [6, 6.07) is 14.0. The van der Waals surface area contributed by atoms with Crippen LogP contribution in [0.5, 0.6) is 11.5 Å². The smallest absolute Gasteiger partial charge is 0.179 e. The second-order valence-corrected chi connectivity index (χ2v) is 6.91. The number of carbonyl (C=O) groups is 1. The first-order chi connectivity index (χ1) is 13.1. The van der Waals surface area contributed by atoms with Gasteiger partial charge >= 0.3 is 0 Å². The fourth-order valence-corrected chi connectivity index (χ4v) is 3.56. The first kappa shape index (κ1) is 19.5. The number of ketones is 1. The Hall–Kier alpha value is -2.30. The van der Waals surface area contributed by atoms with Crippen LogP contribution in [0, 0.1) is 0 Å². The second kappa shape index (κ2) is 9.07. The number of ether oxygens (including phenoxy) is 2. The van der Waals surface area contributed by atoms with Crippen LogP contribution in [0.1, 0.15) is 24.5 Å². The van der Waals surface area contributed by atoms with Gasteiger partial charge in [0.2, 0.25) is 0 Å². The molecule has 3 rings (SSSR count). The van der Waals surface area contributed by atoms with Crippen LogP contribution in [0.25, 0.3) is 6.08 Å². The zero-order valence-electron chi connectivity index (χ0n) is 15.7. The number of rotatable bonds is 6. The van der Waals surface area contributed by atoms with Gasteiger partial charge in [0.05, 0.1) is 18.7 Å². The van der Waals surface area contributed by atoms with Crippen molar-refractivity contribution in [1.82, 2.24) is 4.90 Å². The third-order valence-electron chi connectivity index (χ3n) is 4.53. The number of Topliss-reactive ketones (excluding diaryl/α,β-unsaturated/α-hetero) is 1. The minimum absolute atomic E-state index is 0.184. The highest BCUT2D eigenvalue weighted by Crippen LogP contribution is 2.37. The Morgan fingerprint density at radius 2 is 2.00 bits per heavy atom. The van der Waals surface area contributed by atoms with Gasteiger partial charge in [0.1, 0.15) is 0 Å². The van der Waals surface area contributed by atoms with Crippen molar-refractivity contribution in [3.63, 3.8) is 0 Å². The summed E-state index contributed by atoms with van der Waals surface area (Å²) >= 11 is 6.33. The Kier molecular flexibility index (Phi) is 6.54. The van der Waals surface area contributed by atoms with Gasteiger partial charge < -0.3 is 9.47 Å². The molecule has 4 nitrogen and oxygen atoms in total. The van der Waals surface area contributed by atoms with Gasteiger partial charge in [-0.15, -0.1) is 0 Å². The van der Waals surface area contributed by atoms with Crippen LogP contribution in [-0.2, 0) is 11.3 Å². The van der Waals surface area contributed by atoms with E-state index in [1.165, 1.54) is 5.56 Å². The summed E-state index contributed by atoms with van der Waals surface area (Å²) < 4.78 is 11.0. The largest absolute Gasteiger partial charge is 0.491 e. The lowest BCUT2D eigenvalue weighted by atomic mass is 9.99. The fraction of sp³-hybridized carbons (Fsp3) is 0.318. The molecular formula is C22H24ClNO3. The zero-order valence-corrected chi connectivity index (χ0v) is 16.5. The number of hydrogen-bond donors (Lipinski definition) is 0. The van der Waals surface area contributed by atoms with Crippen LogP contribution in [0.3, 0.4) is 0 Å². The summed E-state index contributed by atoms with van der Waals surface area (Å²) in [4.78, 5) is 14.7. The van der Waals surface area contributed by atoms with Crippen molar-refractivity contribution in [3.05, 3.63) is 64.2 Å². The van der Waals surface area contributed by atoms with Crippen molar-refractivity contribution < 1.29 is 14.3 Å². The van der Waals surface area contributed by atoms with E-state index >= 15 is 0 Å². The summed E-state index contributed by atoms with van der Waals surface area (Å²) in [5.41, 5.74) is 2.88. The number of halogens is 1. The van der Waals surface area contributed by atoms with Gasteiger partial charge in [-0.25, -0.2) is 0 Å². The van der Waals surface area contributed by atoms with E-state index in [-0.39, 0.29) is 5.78 Å². The Morgan fingerprint density at radius 3 is 2.70 bits per heavy atom. The predicted molar refractivity (Wildman–Crippen MR) is 108 cm³/mol. The second-order valence-electron chi connectivity index (χ2n) is 6.51. The predicted octanol–water partition coefficient (Wildman–Crippen LogP) is 4.61. The average Bonchev–Trinajstić information content (AvgIpc) is 2.65. The lowest BCUT2D eigenvalue weighted by Gasteiger charge is -2.28. The number of piperidine rings is 1. The molecule has 0 saturated carbocycles. The van der Waals surface area contributed by atoms with Crippen molar-refractivity contribution in [3.8, 4) is 11.5 Å². The van der Waals surface area contributed by atoms with Crippen molar-refractivity contribution in [2.45, 2.75) is 19.9 Å². The molecule has 1 aliphatic rings. The van der Waals surface area contributed by atoms with Crippen molar-refractivity contribution >= 4 is 23.5 Å². The molecule has 2 aromatic carbocycles. The standard InChI is InChI=1S/C22H24ClNO3/c1-3-27-21-13-17(12-19(23)22(21)26-2)11-18-15-24(10-9-20(18)25)14-16-7-5-4-6-8-16/h4-8,11-13H,3,9-10,14-15H2,1-2H3/b18-11+. The maximum Gasteiger partial charge on any atom is 0.179 e. The van der Waals surface area contributed by atoms with Crippen LogP contribution in [-0.4, -0.2) is 37.5 Å². The lowest BCUT2D eigenvalue weighted by Crippen LogP contribution is -2.35. The molecule has 0 N–H and O–H groups in total. The number of benzene rings is 2. The summed E-state index contributed by atoms with van der Waals surface area (Å²) in [6.45, 7) is 4.65. The molecule has 0 aliphatic carbocycles. The van der Waals surface area contributed by atoms with Gasteiger partial charge in [0.25, 0.3) is 0 Å². The number of likely N-dealkylation sites (tertiary alicyclic amines) is 1. The molecule has 1 saturated heterocycles. The van der Waals surface area contributed by atoms with Crippen LogP contribution < -0.4 is 9.47 Å². The highest BCUT2D eigenvalue weighted by Gasteiger charge is 2.22. The maximum atomic E-state index is 12.4. The molecule has 142 valence electrons. The summed E-state index contributed by atoms with van der Waals surface area (Å²) in [6.07, 6.45) is 2.44. The Balaban J connectivity index is 1.83. The number of hydrogen-bond acceptors (Lipinski definition) is 4. The zero-order chi connectivity index (χ0) is 19.2. The first-order valence-corrected chi connectivity index (χ1v) is 9.49. The monoisotopic (exact) mass is 385 g/mol. The molecule has 0 bridgehead atoms. The van der Waals surface area contributed by atoms with Crippen LogP contribution in [0.2, 0.25) is 5.02 Å². The van der Waals surface area contributed by atoms with E-state index in [1.54, 1.807) is 13.2 Å². The van der Waals surface area contributed by atoms with Gasteiger partial charge in [-0.1, -0.05) is 41.9 Å². The normalized spacial score (nSPS) is 16.6. The van der Waals surface area contributed by atoms with Gasteiger partial charge in [0, 0.05) is 31.6 Å². The highest BCUT2D eigenvalue weighted by molar-refractivity contribution is 6.32. The van der Waals surface area contributed by atoms with E-state index in [0.717, 1.165) is 24.2 Å². The van der Waals surface area contributed by atoms with Gasteiger partial charge in [-0.05, 0) is 36.3 Å². The van der Waals surface area contributed by atoms with E-state index in [0.29, 0.717) is 36.1 Å². The SMILES string of the molecule is CCOc1cc(/C=C2\CN(Cc3ccccc3)CCC2=O)cc(Cl)c1OC. The Bertz CT molecular complexity index is 833. The van der Waals surface area contributed by atoms with Gasteiger partial charge in [-0.2, -0.15) is 0 Å². The number of nitrogens with zero attached hydrogens (tertiary/aromatic N) is 1. The molecule has 0 spiro atoms. The van der Waals surface area contributed by atoms with E-state index < -0.39 is 0 Å². The summed E-state index contributed by atoms with van der Waals surface area (Å²) in [7, 11) is 1.56. The van der Waals surface area contributed by atoms with Crippen molar-refractivity contribution in [2.24, 2.45) is 0 Å². The molecule has 0 amide bonds. The van der Waals surface area contributed by atoms with Crippen LogP contribution in [0.4, 0.5) is 0 Å². The van der Waals surface area contributed by atoms with E-state index in [9.17, 15) is 4.79 Å². The number of methoxy groups -OCH3 is 1. The average molecular weight is 386 g/mol. The van der Waals surface area contributed by atoms with Crippen LogP contribution >= 0.6 is 11.6 Å². The molecule has 0 radical (unpaired) electrons. The fourth-order valence-electron chi connectivity index (χ4n) is 3.26. The van der Waals surface area contributed by atoms with E-state index in [1.807, 2.05) is 37.3 Å². The van der Waals surface area contributed by atoms with Gasteiger partial charge in [0.15, 0.2) is 17.3 Å². The lowest BCUT2D eigenvalue weighted by molar-refractivity contribution is -0.117. The molecular weight excluding hydrogens is 362 g/mol. The molecule has 0 atom stereocenters. The summed E-state index contributed by atoms with van der Waals surface area (Å²) in [5.74, 6) is 1.29. The third kappa shape index (κ3) is 4.90. The topological polar surface area (TPSA) is 38.8 Å². The molecule has 27 heavy (non-hydrogen) atoms. The molecule has 0 unspecified atom stereocenters. The molecule has 1 heterocycles. The minimum atomic E-state index is 0.184. The van der Waals surface area contributed by atoms with Gasteiger partial charge in [-0.3, -0.25) is 9.69 Å². The summed E-state index contributed by atoms with van der Waals surface area (Å²) in [5, 5.41) is 0.472. The highest BCUT2D eigenvalue weighted by atomic mass is 35.5. The van der Waals surface area contributed by atoms with Crippen molar-refractivity contribution in [1.29, 1.82) is 0 Å². The Morgan fingerprint density at radius 1 is 1.22 bits per heavy atom. The molecule has 5 heteroatoms. The molecule has 1 aliphatic heterocycles. The number of carbonyl (C=O) groups excluding carboxylic acids is 1. The minimum Gasteiger partial charge on any atom is -0.491 e. The quantitative estimate of drug-likeness (QED) is 0.681. The van der Waals surface area contributed by atoms with Crippen LogP contribution in [0.15, 0.2) is 48.0 Å². The Labute approximate surface area is 165 Å². The maximum absolute atomic E-state index is 12.4. The molecule has 1 fully saturated rings. The van der Waals surface area contributed by atoms with Crippen molar-refractivity contribution in [2.75, 3.05) is 26.8 Å². The van der Waals surface area contributed by atoms with E-state index in [2.05, 4.69) is 17.0 Å². The molecule has 2 aromatic rings.